The van der Waals surface area contributed by atoms with E-state index in [9.17, 15) is 0 Å². The van der Waals surface area contributed by atoms with Gasteiger partial charge in [0.25, 0.3) is 0 Å². The quantitative estimate of drug-likeness (QED) is 0.424. The molecule has 1 heteroatoms. The zero-order valence-corrected chi connectivity index (χ0v) is 9.10. The summed E-state index contributed by atoms with van der Waals surface area (Å²) in [6.45, 7) is 0. The highest BCUT2D eigenvalue weighted by molar-refractivity contribution is 6.03. The average Bonchev–Trinajstić information content (AvgIpc) is 2.39. The molecule has 1 nitrogen and oxygen atoms in total. The lowest BCUT2D eigenvalue weighted by Gasteiger charge is -2.20. The highest BCUT2D eigenvalue weighted by Crippen LogP contribution is 2.45. The summed E-state index contributed by atoms with van der Waals surface area (Å²) < 4.78 is 5.92. The van der Waals surface area contributed by atoms with Crippen molar-refractivity contribution in [2.75, 3.05) is 0 Å². The molecule has 0 aromatic heterocycles. The molecule has 0 unspecified atom stereocenters. The van der Waals surface area contributed by atoms with Gasteiger partial charge in [-0.1, -0.05) is 42.5 Å². The lowest BCUT2D eigenvalue weighted by atomic mass is 9.95. The molecular weight excluding hydrogens is 208 g/mol. The molecule has 0 amide bonds. The van der Waals surface area contributed by atoms with Gasteiger partial charge in [-0.05, 0) is 29.1 Å². The van der Waals surface area contributed by atoms with E-state index in [1.54, 1.807) is 0 Å². The molecule has 0 spiro atoms. The van der Waals surface area contributed by atoms with Crippen LogP contribution >= 0.6 is 0 Å². The Bertz CT molecular complexity index is 723. The molecule has 1 radical (unpaired) electrons. The monoisotopic (exact) mass is 217 g/mol. The number of rotatable bonds is 0. The topological polar surface area (TPSA) is 9.23 Å². The van der Waals surface area contributed by atoms with Crippen LogP contribution in [0.5, 0.6) is 11.5 Å². The molecule has 1 aliphatic heterocycles. The van der Waals surface area contributed by atoms with Gasteiger partial charge in [-0.2, -0.15) is 0 Å². The minimum absolute atomic E-state index is 0.888. The summed E-state index contributed by atoms with van der Waals surface area (Å²) in [5, 5.41) is 2.40. The number of hydrogen-bond acceptors (Lipinski definition) is 1. The van der Waals surface area contributed by atoms with Crippen molar-refractivity contribution in [3.05, 3.63) is 60.7 Å². The van der Waals surface area contributed by atoms with Gasteiger partial charge in [-0.15, -0.1) is 0 Å². The minimum atomic E-state index is 0.888. The number of benzene rings is 3. The number of fused-ring (bicyclic) bond motifs is 2. The van der Waals surface area contributed by atoms with Gasteiger partial charge in [0, 0.05) is 10.9 Å². The molecular formula is C16H9O. The number of ether oxygens (including phenoxy) is 1. The van der Waals surface area contributed by atoms with Gasteiger partial charge < -0.3 is 4.74 Å². The Labute approximate surface area is 99.3 Å². The molecule has 4 rings (SSSR count). The van der Waals surface area contributed by atoms with Gasteiger partial charge in [-0.3, -0.25) is 0 Å². The highest BCUT2D eigenvalue weighted by Gasteiger charge is 2.18. The molecule has 0 N–H and O–H groups in total. The SMILES string of the molecule is [c]1cccc2c1-c1cccc3cccc(c13)O2. The van der Waals surface area contributed by atoms with E-state index in [1.807, 2.05) is 30.3 Å². The fourth-order valence-electron chi connectivity index (χ4n) is 2.44. The summed E-state index contributed by atoms with van der Waals surface area (Å²) >= 11 is 0. The second-order valence-corrected chi connectivity index (χ2v) is 4.17. The maximum Gasteiger partial charge on any atom is 0.135 e. The van der Waals surface area contributed by atoms with Gasteiger partial charge in [0.1, 0.15) is 11.5 Å². The van der Waals surface area contributed by atoms with Crippen LogP contribution in [0.2, 0.25) is 0 Å². The lowest BCUT2D eigenvalue weighted by Crippen LogP contribution is -1.96. The van der Waals surface area contributed by atoms with E-state index in [0.717, 1.165) is 17.1 Å². The predicted octanol–water partition coefficient (Wildman–Crippen LogP) is 4.41. The van der Waals surface area contributed by atoms with Gasteiger partial charge in [0.15, 0.2) is 0 Å². The Morgan fingerprint density at radius 3 is 2.59 bits per heavy atom. The van der Waals surface area contributed by atoms with Crippen LogP contribution in [0.4, 0.5) is 0 Å². The van der Waals surface area contributed by atoms with E-state index in [0.29, 0.717) is 0 Å². The van der Waals surface area contributed by atoms with E-state index in [-0.39, 0.29) is 0 Å². The van der Waals surface area contributed by atoms with E-state index in [4.69, 9.17) is 4.74 Å². The molecule has 3 aromatic rings. The van der Waals surface area contributed by atoms with E-state index in [2.05, 4.69) is 30.3 Å². The van der Waals surface area contributed by atoms with Crippen LogP contribution in [0.15, 0.2) is 54.6 Å². The Morgan fingerprint density at radius 2 is 1.65 bits per heavy atom. The summed E-state index contributed by atoms with van der Waals surface area (Å²) in [4.78, 5) is 0. The van der Waals surface area contributed by atoms with Gasteiger partial charge >= 0.3 is 0 Å². The first-order valence-electron chi connectivity index (χ1n) is 5.64. The first kappa shape index (κ1) is 8.82. The van der Waals surface area contributed by atoms with Crippen molar-refractivity contribution in [3.63, 3.8) is 0 Å². The van der Waals surface area contributed by atoms with E-state index >= 15 is 0 Å². The molecule has 17 heavy (non-hydrogen) atoms. The molecule has 3 aromatic carbocycles. The van der Waals surface area contributed by atoms with Crippen LogP contribution in [-0.2, 0) is 0 Å². The van der Waals surface area contributed by atoms with Gasteiger partial charge in [0.05, 0.1) is 0 Å². The molecule has 0 bridgehead atoms. The van der Waals surface area contributed by atoms with Crippen molar-refractivity contribution in [1.29, 1.82) is 0 Å². The molecule has 0 atom stereocenters. The normalized spacial score (nSPS) is 12.0. The molecule has 0 saturated heterocycles. The zero-order chi connectivity index (χ0) is 11.2. The van der Waals surface area contributed by atoms with Crippen molar-refractivity contribution in [3.8, 4) is 22.6 Å². The largest absolute Gasteiger partial charge is 0.456 e. The summed E-state index contributed by atoms with van der Waals surface area (Å²) in [6.07, 6.45) is 0. The Kier molecular flexibility index (Phi) is 1.61. The Hall–Kier alpha value is -2.28. The van der Waals surface area contributed by atoms with Crippen LogP contribution in [0.3, 0.4) is 0 Å². The Balaban J connectivity index is 2.22. The third-order valence-corrected chi connectivity index (χ3v) is 3.17. The summed E-state index contributed by atoms with van der Waals surface area (Å²) in [5.74, 6) is 1.82. The molecule has 0 saturated carbocycles. The lowest BCUT2D eigenvalue weighted by molar-refractivity contribution is 0.487. The van der Waals surface area contributed by atoms with Crippen LogP contribution in [0.25, 0.3) is 21.9 Å². The number of hydrogen-bond donors (Lipinski definition) is 0. The fourth-order valence-corrected chi connectivity index (χ4v) is 2.44. The van der Waals surface area contributed by atoms with Crippen molar-refractivity contribution >= 4 is 10.8 Å². The van der Waals surface area contributed by atoms with Crippen LogP contribution in [0.1, 0.15) is 0 Å². The van der Waals surface area contributed by atoms with E-state index in [1.165, 1.54) is 16.3 Å². The van der Waals surface area contributed by atoms with Crippen LogP contribution in [-0.4, -0.2) is 0 Å². The maximum atomic E-state index is 5.92. The average molecular weight is 217 g/mol. The van der Waals surface area contributed by atoms with Crippen LogP contribution in [0, 0.1) is 6.07 Å². The summed E-state index contributed by atoms with van der Waals surface area (Å²) in [5.41, 5.74) is 2.26. The van der Waals surface area contributed by atoms with Crippen molar-refractivity contribution < 1.29 is 4.74 Å². The fraction of sp³-hybridized carbons (Fsp3) is 0. The standard InChI is InChI=1S/C16H9O/c1-2-9-14-12(7-1)13-8-3-5-11-6-4-10-15(17-14)16(11)13/h1-6,8-10H. The molecule has 1 aliphatic rings. The second kappa shape index (κ2) is 3.11. The van der Waals surface area contributed by atoms with Gasteiger partial charge in [0.2, 0.25) is 0 Å². The summed E-state index contributed by atoms with van der Waals surface area (Å²) in [7, 11) is 0. The highest BCUT2D eigenvalue weighted by atomic mass is 16.5. The molecule has 1 heterocycles. The van der Waals surface area contributed by atoms with Gasteiger partial charge in [-0.25, -0.2) is 0 Å². The maximum absolute atomic E-state index is 5.92. The van der Waals surface area contributed by atoms with Crippen molar-refractivity contribution in [2.45, 2.75) is 0 Å². The van der Waals surface area contributed by atoms with E-state index < -0.39 is 0 Å². The zero-order valence-electron chi connectivity index (χ0n) is 9.10. The molecule has 79 valence electrons. The second-order valence-electron chi connectivity index (χ2n) is 4.17. The first-order valence-corrected chi connectivity index (χ1v) is 5.64. The predicted molar refractivity (Wildman–Crippen MR) is 68.3 cm³/mol. The molecule has 0 aliphatic carbocycles. The first-order chi connectivity index (χ1) is 8.43. The molecule has 0 fully saturated rings. The van der Waals surface area contributed by atoms with Crippen LogP contribution < -0.4 is 4.74 Å². The third-order valence-electron chi connectivity index (χ3n) is 3.17. The summed E-state index contributed by atoms with van der Waals surface area (Å²) in [6, 6.07) is 21.6. The Morgan fingerprint density at radius 1 is 0.824 bits per heavy atom. The van der Waals surface area contributed by atoms with Crippen molar-refractivity contribution in [2.24, 2.45) is 0 Å². The van der Waals surface area contributed by atoms with Crippen molar-refractivity contribution in [1.82, 2.24) is 0 Å². The minimum Gasteiger partial charge on any atom is -0.456 e. The smallest absolute Gasteiger partial charge is 0.135 e. The third kappa shape index (κ3) is 1.14.